The monoisotopic (exact) mass is 326 g/mol. The van der Waals surface area contributed by atoms with E-state index in [1.165, 1.54) is 11.3 Å². The Morgan fingerprint density at radius 1 is 1.48 bits per heavy atom. The molecule has 1 aromatic heterocycles. The van der Waals surface area contributed by atoms with Gasteiger partial charge < -0.3 is 15.7 Å². The molecule has 0 radical (unpaired) electrons. The molecule has 2 aromatic rings. The fraction of sp³-hybridized carbons (Fsp3) is 0.400. The van der Waals surface area contributed by atoms with Gasteiger partial charge in [-0.2, -0.15) is 0 Å². The molecule has 0 saturated carbocycles. The number of aliphatic hydroxyl groups excluding tert-OH is 1. The van der Waals surface area contributed by atoms with Crippen molar-refractivity contribution in [2.24, 2.45) is 0 Å². The van der Waals surface area contributed by atoms with E-state index in [2.05, 4.69) is 0 Å². The number of nitrogens with zero attached hydrogens (tertiary/aromatic N) is 1. The number of thiophene rings is 1. The lowest BCUT2D eigenvalue weighted by Crippen LogP contribution is -2.37. The number of carbonyl (C=O) groups is 1. The largest absolute Gasteiger partial charge is 0.397 e. The Balaban J connectivity index is 2.42. The normalized spacial score (nSPS) is 11.3. The molecule has 21 heavy (non-hydrogen) atoms. The molecule has 0 aliphatic heterocycles. The van der Waals surface area contributed by atoms with Crippen molar-refractivity contribution in [3.05, 3.63) is 28.1 Å². The molecule has 0 bridgehead atoms. The summed E-state index contributed by atoms with van der Waals surface area (Å²) in [5.74, 6) is -0.104. The molecule has 1 amide bonds. The molecular formula is C15H19ClN2O2S. The lowest BCUT2D eigenvalue weighted by Gasteiger charge is -2.26. The Labute approximate surface area is 133 Å². The maximum Gasteiger partial charge on any atom is 0.266 e. The predicted molar refractivity (Wildman–Crippen MR) is 89.1 cm³/mol. The highest BCUT2D eigenvalue weighted by Crippen LogP contribution is 2.38. The van der Waals surface area contributed by atoms with E-state index in [1.54, 1.807) is 11.0 Å². The summed E-state index contributed by atoms with van der Waals surface area (Å²) in [5.41, 5.74) is 6.58. The molecule has 0 aliphatic carbocycles. The lowest BCUT2D eigenvalue weighted by atomic mass is 10.2. The number of halogens is 1. The molecule has 0 unspecified atom stereocenters. The Bertz CT molecular complexity index is 654. The maximum atomic E-state index is 12.7. The number of fused-ring (bicyclic) bond motifs is 1. The van der Waals surface area contributed by atoms with Gasteiger partial charge in [-0.05, 0) is 32.4 Å². The van der Waals surface area contributed by atoms with Crippen LogP contribution in [0.4, 0.5) is 5.69 Å². The summed E-state index contributed by atoms with van der Waals surface area (Å²) in [6.07, 6.45) is 0.551. The van der Waals surface area contributed by atoms with Crippen LogP contribution < -0.4 is 5.73 Å². The molecule has 1 heterocycles. The van der Waals surface area contributed by atoms with Gasteiger partial charge in [-0.3, -0.25) is 4.79 Å². The minimum absolute atomic E-state index is 0.0455. The van der Waals surface area contributed by atoms with Crippen LogP contribution in [0.3, 0.4) is 0 Å². The SMILES string of the molecule is CC(C)N(CCCO)C(=O)c1sc2cccc(Cl)c2c1N. The number of hydrogen-bond acceptors (Lipinski definition) is 4. The average molecular weight is 327 g/mol. The number of rotatable bonds is 5. The number of nitrogens with two attached hydrogens (primary N) is 1. The van der Waals surface area contributed by atoms with Crippen molar-refractivity contribution < 1.29 is 9.90 Å². The molecule has 0 fully saturated rings. The first-order valence-electron chi connectivity index (χ1n) is 6.85. The third kappa shape index (κ3) is 3.15. The second-order valence-corrected chi connectivity index (χ2v) is 6.59. The van der Waals surface area contributed by atoms with Crippen LogP contribution in [0, 0.1) is 0 Å². The number of amides is 1. The Hall–Kier alpha value is -1.30. The van der Waals surface area contributed by atoms with Crippen LogP contribution in [0.2, 0.25) is 5.02 Å². The lowest BCUT2D eigenvalue weighted by molar-refractivity contribution is 0.0699. The van der Waals surface area contributed by atoms with Crippen molar-refractivity contribution in [1.82, 2.24) is 4.90 Å². The third-order valence-electron chi connectivity index (χ3n) is 3.34. The van der Waals surface area contributed by atoms with Gasteiger partial charge in [0.2, 0.25) is 0 Å². The predicted octanol–water partition coefficient (Wildman–Crippen LogP) is 3.37. The summed E-state index contributed by atoms with van der Waals surface area (Å²) in [6.45, 7) is 4.47. The van der Waals surface area contributed by atoms with Gasteiger partial charge in [0.15, 0.2) is 0 Å². The van der Waals surface area contributed by atoms with Gasteiger partial charge in [-0.1, -0.05) is 17.7 Å². The molecular weight excluding hydrogens is 308 g/mol. The van der Waals surface area contributed by atoms with E-state index in [-0.39, 0.29) is 18.6 Å². The van der Waals surface area contributed by atoms with E-state index < -0.39 is 0 Å². The van der Waals surface area contributed by atoms with E-state index in [0.717, 1.165) is 10.1 Å². The van der Waals surface area contributed by atoms with Crippen molar-refractivity contribution in [2.45, 2.75) is 26.3 Å². The number of benzene rings is 1. The third-order valence-corrected chi connectivity index (χ3v) is 4.81. The highest BCUT2D eigenvalue weighted by molar-refractivity contribution is 7.21. The van der Waals surface area contributed by atoms with Crippen molar-refractivity contribution in [3.8, 4) is 0 Å². The summed E-state index contributed by atoms with van der Waals surface area (Å²) in [7, 11) is 0. The van der Waals surface area contributed by atoms with Crippen molar-refractivity contribution in [3.63, 3.8) is 0 Å². The van der Waals surface area contributed by atoms with E-state index in [4.69, 9.17) is 22.4 Å². The fourth-order valence-corrected chi connectivity index (χ4v) is 3.69. The summed E-state index contributed by atoms with van der Waals surface area (Å²) in [6, 6.07) is 5.57. The Morgan fingerprint density at radius 2 is 2.19 bits per heavy atom. The zero-order valence-corrected chi connectivity index (χ0v) is 13.7. The summed E-state index contributed by atoms with van der Waals surface area (Å²) in [4.78, 5) is 15.0. The molecule has 4 nitrogen and oxygen atoms in total. The summed E-state index contributed by atoms with van der Waals surface area (Å²) >= 11 is 7.54. The first-order chi connectivity index (χ1) is 9.97. The molecule has 0 spiro atoms. The minimum atomic E-state index is -0.104. The van der Waals surface area contributed by atoms with Crippen LogP contribution in [0.1, 0.15) is 29.9 Å². The van der Waals surface area contributed by atoms with Crippen LogP contribution in [0.25, 0.3) is 10.1 Å². The molecule has 3 N–H and O–H groups in total. The van der Waals surface area contributed by atoms with Crippen LogP contribution in [-0.4, -0.2) is 35.1 Å². The zero-order chi connectivity index (χ0) is 15.6. The van der Waals surface area contributed by atoms with Gasteiger partial charge in [0, 0.05) is 29.3 Å². The Morgan fingerprint density at radius 3 is 2.76 bits per heavy atom. The van der Waals surface area contributed by atoms with Gasteiger partial charge >= 0.3 is 0 Å². The molecule has 2 rings (SSSR count). The van der Waals surface area contributed by atoms with Gasteiger partial charge in [0.05, 0.1) is 10.7 Å². The Kier molecular flexibility index (Phi) is 5.08. The second-order valence-electron chi connectivity index (χ2n) is 5.13. The molecule has 6 heteroatoms. The molecule has 1 aromatic carbocycles. The van der Waals surface area contributed by atoms with Crippen molar-refractivity contribution in [1.29, 1.82) is 0 Å². The number of aliphatic hydroxyl groups is 1. The van der Waals surface area contributed by atoms with Gasteiger partial charge in [0.25, 0.3) is 5.91 Å². The standard InChI is InChI=1S/C15H19ClN2O2S/c1-9(2)18(7-4-8-19)15(20)14-13(17)12-10(16)5-3-6-11(12)21-14/h3,5-6,9,19H,4,7-8,17H2,1-2H3. The van der Waals surface area contributed by atoms with Gasteiger partial charge in [0.1, 0.15) is 4.88 Å². The number of anilines is 1. The zero-order valence-electron chi connectivity index (χ0n) is 12.1. The van der Waals surface area contributed by atoms with E-state index >= 15 is 0 Å². The smallest absolute Gasteiger partial charge is 0.266 e. The minimum Gasteiger partial charge on any atom is -0.397 e. The highest BCUT2D eigenvalue weighted by atomic mass is 35.5. The number of hydrogen-bond donors (Lipinski definition) is 2. The molecule has 0 aliphatic rings. The van der Waals surface area contributed by atoms with Gasteiger partial charge in [-0.25, -0.2) is 0 Å². The summed E-state index contributed by atoms with van der Waals surface area (Å²) < 4.78 is 0.911. The van der Waals surface area contributed by atoms with Gasteiger partial charge in [-0.15, -0.1) is 11.3 Å². The van der Waals surface area contributed by atoms with Crippen LogP contribution in [-0.2, 0) is 0 Å². The highest BCUT2D eigenvalue weighted by Gasteiger charge is 2.24. The van der Waals surface area contributed by atoms with Crippen LogP contribution in [0.5, 0.6) is 0 Å². The van der Waals surface area contributed by atoms with Crippen molar-refractivity contribution in [2.75, 3.05) is 18.9 Å². The quantitative estimate of drug-likeness (QED) is 0.885. The van der Waals surface area contributed by atoms with E-state index in [9.17, 15) is 4.79 Å². The van der Waals surface area contributed by atoms with Crippen LogP contribution >= 0.6 is 22.9 Å². The average Bonchev–Trinajstić information content (AvgIpc) is 2.77. The number of carbonyl (C=O) groups excluding carboxylic acids is 1. The topological polar surface area (TPSA) is 66.6 Å². The van der Waals surface area contributed by atoms with E-state index in [1.807, 2.05) is 26.0 Å². The second kappa shape index (κ2) is 6.64. The molecule has 0 saturated heterocycles. The number of nitrogen functional groups attached to an aromatic ring is 1. The first kappa shape index (κ1) is 16.1. The van der Waals surface area contributed by atoms with Crippen LogP contribution in [0.15, 0.2) is 18.2 Å². The van der Waals surface area contributed by atoms with Crippen molar-refractivity contribution >= 4 is 44.6 Å². The summed E-state index contributed by atoms with van der Waals surface area (Å²) in [5, 5.41) is 10.3. The maximum absolute atomic E-state index is 12.7. The molecule has 0 atom stereocenters. The molecule has 114 valence electrons. The fourth-order valence-electron chi connectivity index (χ4n) is 2.25. The first-order valence-corrected chi connectivity index (χ1v) is 8.05. The van der Waals surface area contributed by atoms with E-state index in [0.29, 0.717) is 28.6 Å².